The topological polar surface area (TPSA) is 107 Å². The third kappa shape index (κ3) is 4.38. The minimum atomic E-state index is -0.719. The van der Waals surface area contributed by atoms with Gasteiger partial charge in [0, 0.05) is 17.2 Å². The van der Waals surface area contributed by atoms with Crippen molar-refractivity contribution < 1.29 is 14.5 Å². The maximum atomic E-state index is 11.1. The monoisotopic (exact) mass is 287 g/mol. The molecule has 0 aromatic heterocycles. The molecular weight excluding hydrogens is 274 g/mol. The average Bonchev–Trinajstić information content (AvgIpc) is 2.33. The first-order valence-electron chi connectivity index (χ1n) is 5.55. The van der Waals surface area contributed by atoms with E-state index in [1.807, 2.05) is 0 Å². The molecule has 1 atom stereocenters. The van der Waals surface area contributed by atoms with Crippen molar-refractivity contribution in [1.82, 2.24) is 5.32 Å². The molecule has 0 heterocycles. The van der Waals surface area contributed by atoms with Crippen LogP contribution in [0.2, 0.25) is 5.02 Å². The highest BCUT2D eigenvalue weighted by Crippen LogP contribution is 2.29. The van der Waals surface area contributed by atoms with Crippen molar-refractivity contribution in [2.45, 2.75) is 13.0 Å². The predicted molar refractivity (Wildman–Crippen MR) is 70.3 cm³/mol. The van der Waals surface area contributed by atoms with Crippen LogP contribution in [0, 0.1) is 10.1 Å². The Hall–Kier alpha value is -1.86. The second-order valence-corrected chi connectivity index (χ2v) is 4.13. The van der Waals surface area contributed by atoms with Crippen LogP contribution < -0.4 is 15.8 Å². The van der Waals surface area contributed by atoms with Gasteiger partial charge in [-0.15, -0.1) is 0 Å². The quantitative estimate of drug-likeness (QED) is 0.576. The summed E-state index contributed by atoms with van der Waals surface area (Å²) in [4.78, 5) is 21.3. The Balaban J connectivity index is 2.83. The van der Waals surface area contributed by atoms with Crippen molar-refractivity contribution in [3.8, 4) is 5.75 Å². The van der Waals surface area contributed by atoms with Crippen LogP contribution in [0.25, 0.3) is 0 Å². The van der Waals surface area contributed by atoms with Crippen LogP contribution in [0.3, 0.4) is 0 Å². The van der Waals surface area contributed by atoms with Gasteiger partial charge in [-0.05, 0) is 12.6 Å². The number of nitro groups is 1. The largest absolute Gasteiger partial charge is 0.485 e. The maximum absolute atomic E-state index is 11.1. The smallest absolute Gasteiger partial charge is 0.311 e. The molecule has 0 fully saturated rings. The van der Waals surface area contributed by atoms with E-state index in [1.165, 1.54) is 18.2 Å². The van der Waals surface area contributed by atoms with Crippen LogP contribution in [-0.4, -0.2) is 30.0 Å². The Morgan fingerprint density at radius 2 is 2.32 bits per heavy atom. The highest BCUT2D eigenvalue weighted by Gasteiger charge is 2.19. The SMILES string of the molecule is CCNC(COc1cc(Cl)ccc1[N+](=O)[O-])C(N)=O. The zero-order valence-electron chi connectivity index (χ0n) is 10.3. The summed E-state index contributed by atoms with van der Waals surface area (Å²) in [6.07, 6.45) is 0. The van der Waals surface area contributed by atoms with Gasteiger partial charge < -0.3 is 15.8 Å². The van der Waals surface area contributed by atoms with Crippen LogP contribution in [0.5, 0.6) is 5.75 Å². The summed E-state index contributed by atoms with van der Waals surface area (Å²) in [7, 11) is 0. The molecule has 0 aliphatic rings. The fourth-order valence-electron chi connectivity index (χ4n) is 1.42. The normalized spacial score (nSPS) is 11.9. The van der Waals surface area contributed by atoms with Crippen molar-refractivity contribution in [3.05, 3.63) is 33.3 Å². The fraction of sp³-hybridized carbons (Fsp3) is 0.364. The van der Waals surface area contributed by atoms with E-state index in [1.54, 1.807) is 6.92 Å². The van der Waals surface area contributed by atoms with Gasteiger partial charge in [0.25, 0.3) is 0 Å². The van der Waals surface area contributed by atoms with Crippen molar-refractivity contribution in [1.29, 1.82) is 0 Å². The zero-order chi connectivity index (χ0) is 14.4. The number of halogens is 1. The predicted octanol–water partition coefficient (Wildman–Crippen LogP) is 1.09. The summed E-state index contributed by atoms with van der Waals surface area (Å²) in [5.74, 6) is -0.590. The Morgan fingerprint density at radius 1 is 1.63 bits per heavy atom. The van der Waals surface area contributed by atoms with Gasteiger partial charge in [0.05, 0.1) is 4.92 Å². The molecule has 0 aliphatic heterocycles. The number of likely N-dealkylation sites (N-methyl/N-ethyl adjacent to an activating group) is 1. The number of ether oxygens (including phenoxy) is 1. The van der Waals surface area contributed by atoms with E-state index < -0.39 is 16.9 Å². The van der Waals surface area contributed by atoms with Gasteiger partial charge in [0.2, 0.25) is 5.91 Å². The third-order valence-corrected chi connectivity index (χ3v) is 2.55. The molecule has 0 radical (unpaired) electrons. The van der Waals surface area contributed by atoms with Crippen molar-refractivity contribution in [2.24, 2.45) is 5.73 Å². The number of nitrogens with one attached hydrogen (secondary N) is 1. The van der Waals surface area contributed by atoms with Crippen LogP contribution >= 0.6 is 11.6 Å². The molecule has 0 saturated carbocycles. The van der Waals surface area contributed by atoms with Gasteiger partial charge in [-0.3, -0.25) is 14.9 Å². The number of nitrogens with zero attached hydrogens (tertiary/aromatic N) is 1. The first kappa shape index (κ1) is 15.2. The first-order chi connectivity index (χ1) is 8.95. The van der Waals surface area contributed by atoms with E-state index in [0.29, 0.717) is 11.6 Å². The summed E-state index contributed by atoms with van der Waals surface area (Å²) >= 11 is 5.75. The molecule has 1 unspecified atom stereocenters. The first-order valence-corrected chi connectivity index (χ1v) is 5.93. The molecule has 19 heavy (non-hydrogen) atoms. The molecule has 1 aromatic rings. The van der Waals surface area contributed by atoms with Crippen LogP contribution in [-0.2, 0) is 4.79 Å². The lowest BCUT2D eigenvalue weighted by molar-refractivity contribution is -0.385. The number of benzene rings is 1. The lowest BCUT2D eigenvalue weighted by Crippen LogP contribution is -2.45. The molecule has 8 heteroatoms. The van der Waals surface area contributed by atoms with Gasteiger partial charge >= 0.3 is 5.69 Å². The third-order valence-electron chi connectivity index (χ3n) is 2.32. The molecule has 1 rings (SSSR count). The van der Waals surface area contributed by atoms with Crippen molar-refractivity contribution in [2.75, 3.05) is 13.2 Å². The van der Waals surface area contributed by atoms with Gasteiger partial charge in [0.1, 0.15) is 12.6 Å². The molecule has 1 aromatic carbocycles. The summed E-state index contributed by atoms with van der Waals surface area (Å²) in [5.41, 5.74) is 4.95. The average molecular weight is 288 g/mol. The number of carbonyl (C=O) groups is 1. The van der Waals surface area contributed by atoms with Crippen LogP contribution in [0.15, 0.2) is 18.2 Å². The molecule has 0 saturated heterocycles. The molecule has 7 nitrogen and oxygen atoms in total. The Bertz CT molecular complexity index is 481. The fourth-order valence-corrected chi connectivity index (χ4v) is 1.58. The van der Waals surface area contributed by atoms with Crippen molar-refractivity contribution >= 4 is 23.2 Å². The second-order valence-electron chi connectivity index (χ2n) is 3.69. The number of hydrogen-bond acceptors (Lipinski definition) is 5. The number of nitro benzene ring substituents is 1. The van der Waals surface area contributed by atoms with Gasteiger partial charge in [-0.2, -0.15) is 0 Å². The minimum absolute atomic E-state index is 0.00153. The standard InChI is InChI=1S/C11H14ClN3O4/c1-2-14-8(11(13)16)6-19-10-5-7(12)3-4-9(10)15(17)18/h3-5,8,14H,2,6H2,1H3,(H2,13,16). The van der Waals surface area contributed by atoms with E-state index in [2.05, 4.69) is 5.32 Å². The molecule has 0 aliphatic carbocycles. The number of amides is 1. The Morgan fingerprint density at radius 3 is 2.84 bits per heavy atom. The van der Waals surface area contributed by atoms with Crippen LogP contribution in [0.4, 0.5) is 5.69 Å². The number of hydrogen-bond donors (Lipinski definition) is 2. The molecule has 0 bridgehead atoms. The highest BCUT2D eigenvalue weighted by atomic mass is 35.5. The summed E-state index contributed by atoms with van der Waals surface area (Å²) in [6, 6.07) is 3.24. The Kier molecular flexibility index (Phi) is 5.53. The number of rotatable bonds is 7. The van der Waals surface area contributed by atoms with Crippen LogP contribution in [0.1, 0.15) is 6.92 Å². The van der Waals surface area contributed by atoms with Gasteiger partial charge in [0.15, 0.2) is 5.75 Å². The zero-order valence-corrected chi connectivity index (χ0v) is 11.0. The molecule has 104 valence electrons. The lowest BCUT2D eigenvalue weighted by Gasteiger charge is -2.15. The number of primary amides is 1. The summed E-state index contributed by atoms with van der Waals surface area (Å²) in [6.45, 7) is 2.22. The molecule has 1 amide bonds. The molecule has 3 N–H and O–H groups in total. The van der Waals surface area contributed by atoms with E-state index in [0.717, 1.165) is 0 Å². The molecule has 0 spiro atoms. The van der Waals surface area contributed by atoms with E-state index in [-0.39, 0.29) is 18.0 Å². The Labute approximate surface area is 114 Å². The molecular formula is C11H14ClN3O4. The summed E-state index contributed by atoms with van der Waals surface area (Å²) in [5, 5.41) is 13.9. The highest BCUT2D eigenvalue weighted by molar-refractivity contribution is 6.30. The van der Waals surface area contributed by atoms with Crippen molar-refractivity contribution in [3.63, 3.8) is 0 Å². The van der Waals surface area contributed by atoms with E-state index in [9.17, 15) is 14.9 Å². The maximum Gasteiger partial charge on any atom is 0.311 e. The summed E-state index contributed by atoms with van der Waals surface area (Å²) < 4.78 is 5.27. The lowest BCUT2D eigenvalue weighted by atomic mass is 10.2. The van der Waals surface area contributed by atoms with Gasteiger partial charge in [-0.1, -0.05) is 18.5 Å². The van der Waals surface area contributed by atoms with E-state index >= 15 is 0 Å². The number of nitrogens with two attached hydrogens (primary N) is 1. The van der Waals surface area contributed by atoms with Gasteiger partial charge in [-0.25, -0.2) is 0 Å². The second kappa shape index (κ2) is 6.91. The van der Waals surface area contributed by atoms with E-state index in [4.69, 9.17) is 22.1 Å². The minimum Gasteiger partial charge on any atom is -0.485 e. The number of carbonyl (C=O) groups excluding carboxylic acids is 1.